The molecule has 0 fully saturated rings. The predicted molar refractivity (Wildman–Crippen MR) is 75.9 cm³/mol. The van der Waals surface area contributed by atoms with Gasteiger partial charge in [0.1, 0.15) is 16.8 Å². The van der Waals surface area contributed by atoms with E-state index in [0.29, 0.717) is 6.07 Å². The molecule has 0 bridgehead atoms. The Morgan fingerprint density at radius 3 is 2.19 bits per heavy atom. The number of alkyl halides is 3. The lowest BCUT2D eigenvalue weighted by atomic mass is 10.0. The summed E-state index contributed by atoms with van der Waals surface area (Å²) in [5.74, 6) is -1.47. The monoisotopic (exact) mass is 324 g/mol. The molecule has 0 saturated carbocycles. The van der Waals surface area contributed by atoms with Crippen molar-refractivity contribution in [3.63, 3.8) is 0 Å². The summed E-state index contributed by atoms with van der Waals surface area (Å²) in [6.07, 6.45) is -4.86. The van der Waals surface area contributed by atoms with Gasteiger partial charge in [0, 0.05) is 11.3 Å². The highest BCUT2D eigenvalue weighted by molar-refractivity contribution is 7.85. The van der Waals surface area contributed by atoms with E-state index in [-0.39, 0.29) is 11.4 Å². The van der Waals surface area contributed by atoms with Gasteiger partial charge in [0.15, 0.2) is 0 Å². The van der Waals surface area contributed by atoms with Crippen LogP contribution in [-0.2, 0) is 17.2 Å². The third-order valence-electron chi connectivity index (χ3n) is 2.53. The van der Waals surface area contributed by atoms with Crippen LogP contribution in [0.1, 0.15) is 38.8 Å². The Bertz CT molecular complexity index is 603. The van der Waals surface area contributed by atoms with Gasteiger partial charge in [-0.3, -0.25) is 0 Å². The molecule has 1 rings (SSSR count). The number of nitrogen functional groups attached to an aromatic ring is 1. The molecule has 21 heavy (non-hydrogen) atoms. The van der Waals surface area contributed by atoms with Crippen molar-refractivity contribution < 1.29 is 21.8 Å². The Balaban J connectivity index is 3.42. The van der Waals surface area contributed by atoms with Crippen LogP contribution in [0.25, 0.3) is 0 Å². The molecule has 118 valence electrons. The summed E-state index contributed by atoms with van der Waals surface area (Å²) >= 11 is 0. The van der Waals surface area contributed by atoms with Gasteiger partial charge in [0.05, 0.1) is 16.0 Å². The highest BCUT2D eigenvalue weighted by atomic mass is 32.2. The van der Waals surface area contributed by atoms with Crippen molar-refractivity contribution in [1.29, 1.82) is 0 Å². The van der Waals surface area contributed by atoms with Crippen molar-refractivity contribution >= 4 is 22.4 Å². The van der Waals surface area contributed by atoms with Gasteiger partial charge in [-0.1, -0.05) is 0 Å². The first-order valence-corrected chi connectivity index (χ1v) is 7.08. The fourth-order valence-corrected chi connectivity index (χ4v) is 2.05. The zero-order valence-corrected chi connectivity index (χ0v) is 12.8. The normalized spacial score (nSPS) is 15.1. The number of hydrogen-bond acceptors (Lipinski definition) is 2. The summed E-state index contributed by atoms with van der Waals surface area (Å²) in [6.45, 7) is 6.24. The van der Waals surface area contributed by atoms with E-state index in [2.05, 4.69) is 4.40 Å². The molecule has 0 aromatic heterocycles. The first-order valence-electron chi connectivity index (χ1n) is 5.98. The summed E-state index contributed by atoms with van der Waals surface area (Å²) in [6, 6.07) is 1.57. The number of anilines is 1. The van der Waals surface area contributed by atoms with E-state index in [9.17, 15) is 21.8 Å². The SMILES string of the molecule is C/C(=N/S(=O)C(C)(C)C)c1cc(N)cc(C(F)(F)F)c1F. The maximum atomic E-state index is 14.0. The van der Waals surface area contributed by atoms with Gasteiger partial charge in [-0.05, 0) is 39.8 Å². The lowest BCUT2D eigenvalue weighted by Gasteiger charge is -2.15. The summed E-state index contributed by atoms with van der Waals surface area (Å²) in [7, 11) is -1.71. The highest BCUT2D eigenvalue weighted by Gasteiger charge is 2.36. The number of nitrogens with zero attached hydrogens (tertiary/aromatic N) is 1. The van der Waals surface area contributed by atoms with E-state index < -0.39 is 38.9 Å². The van der Waals surface area contributed by atoms with Gasteiger partial charge in [0.25, 0.3) is 0 Å². The van der Waals surface area contributed by atoms with Crippen LogP contribution in [0, 0.1) is 5.82 Å². The Hall–Kier alpha value is -1.44. The third-order valence-corrected chi connectivity index (χ3v) is 4.02. The molecule has 1 aromatic carbocycles. The Morgan fingerprint density at radius 2 is 1.76 bits per heavy atom. The maximum absolute atomic E-state index is 14.0. The molecule has 0 aliphatic rings. The topological polar surface area (TPSA) is 55.5 Å². The van der Waals surface area contributed by atoms with Gasteiger partial charge in [-0.25, -0.2) is 8.60 Å². The number of hydrogen-bond donors (Lipinski definition) is 1. The smallest absolute Gasteiger partial charge is 0.399 e. The minimum absolute atomic E-state index is 0.0986. The lowest BCUT2D eigenvalue weighted by Crippen LogP contribution is -2.21. The molecule has 0 aliphatic heterocycles. The molecule has 8 heteroatoms. The Kier molecular flexibility index (Phi) is 4.82. The highest BCUT2D eigenvalue weighted by Crippen LogP contribution is 2.34. The molecule has 0 heterocycles. The fourth-order valence-electron chi connectivity index (χ4n) is 1.43. The van der Waals surface area contributed by atoms with Crippen molar-refractivity contribution in [3.05, 3.63) is 29.1 Å². The van der Waals surface area contributed by atoms with Gasteiger partial charge >= 0.3 is 6.18 Å². The average Bonchev–Trinajstić information content (AvgIpc) is 2.28. The predicted octanol–water partition coefficient (Wildman–Crippen LogP) is 3.70. The van der Waals surface area contributed by atoms with E-state index in [0.717, 1.165) is 6.07 Å². The van der Waals surface area contributed by atoms with Crippen molar-refractivity contribution in [2.75, 3.05) is 5.73 Å². The van der Waals surface area contributed by atoms with Crippen LogP contribution in [0.5, 0.6) is 0 Å². The molecule has 0 amide bonds. The molecule has 2 N–H and O–H groups in total. The standard InChI is InChI=1S/C13H16F4N2OS/c1-7(19-21(20)12(2,3)4)9-5-8(18)6-10(11(9)14)13(15,16)17/h5-6H,18H2,1-4H3/b19-7-. The van der Waals surface area contributed by atoms with Crippen molar-refractivity contribution in [2.24, 2.45) is 4.40 Å². The van der Waals surface area contributed by atoms with Crippen molar-refractivity contribution in [3.8, 4) is 0 Å². The van der Waals surface area contributed by atoms with Crippen LogP contribution in [0.2, 0.25) is 0 Å². The van der Waals surface area contributed by atoms with Crippen LogP contribution >= 0.6 is 0 Å². The molecule has 1 atom stereocenters. The van der Waals surface area contributed by atoms with Gasteiger partial charge in [0.2, 0.25) is 0 Å². The first-order chi connectivity index (χ1) is 9.34. The van der Waals surface area contributed by atoms with Gasteiger partial charge in [-0.2, -0.15) is 17.6 Å². The first kappa shape index (κ1) is 17.6. The zero-order valence-electron chi connectivity index (χ0n) is 12.0. The quantitative estimate of drug-likeness (QED) is 0.512. The van der Waals surface area contributed by atoms with E-state index in [1.54, 1.807) is 20.8 Å². The van der Waals surface area contributed by atoms with Crippen LogP contribution < -0.4 is 5.73 Å². The molecule has 1 aromatic rings. The third kappa shape index (κ3) is 4.26. The van der Waals surface area contributed by atoms with Gasteiger partial charge in [-0.15, -0.1) is 0 Å². The molecule has 0 aliphatic carbocycles. The van der Waals surface area contributed by atoms with Crippen LogP contribution in [-0.4, -0.2) is 14.7 Å². The van der Waals surface area contributed by atoms with E-state index >= 15 is 0 Å². The minimum Gasteiger partial charge on any atom is -0.399 e. The fraction of sp³-hybridized carbons (Fsp3) is 0.462. The van der Waals surface area contributed by atoms with Crippen LogP contribution in [0.4, 0.5) is 23.2 Å². The Labute approximate surface area is 122 Å². The summed E-state index contributed by atoms with van der Waals surface area (Å²) in [4.78, 5) is 0. The van der Waals surface area contributed by atoms with E-state index in [1.807, 2.05) is 0 Å². The molecular formula is C13H16F4N2OS. The molecule has 1 unspecified atom stereocenters. The summed E-state index contributed by atoms with van der Waals surface area (Å²) in [5, 5.41) is 0. The van der Waals surface area contributed by atoms with Crippen LogP contribution in [0.3, 0.4) is 0 Å². The zero-order chi connectivity index (χ0) is 16.6. The lowest BCUT2D eigenvalue weighted by molar-refractivity contribution is -0.139. The van der Waals surface area contributed by atoms with Crippen molar-refractivity contribution in [2.45, 2.75) is 38.6 Å². The molecule has 0 spiro atoms. The summed E-state index contributed by atoms with van der Waals surface area (Å²) < 4.78 is 67.1. The Morgan fingerprint density at radius 1 is 1.24 bits per heavy atom. The number of rotatable bonds is 2. The van der Waals surface area contributed by atoms with E-state index in [1.165, 1.54) is 6.92 Å². The molecule has 0 saturated heterocycles. The number of nitrogens with two attached hydrogens (primary N) is 1. The van der Waals surface area contributed by atoms with Gasteiger partial charge < -0.3 is 5.73 Å². The minimum atomic E-state index is -4.86. The van der Waals surface area contributed by atoms with E-state index in [4.69, 9.17) is 5.73 Å². The largest absolute Gasteiger partial charge is 0.419 e. The molecule has 3 nitrogen and oxygen atoms in total. The second-order valence-electron chi connectivity index (χ2n) is 5.47. The van der Waals surface area contributed by atoms with Crippen LogP contribution in [0.15, 0.2) is 16.5 Å². The molecular weight excluding hydrogens is 308 g/mol. The number of benzene rings is 1. The molecule has 0 radical (unpaired) electrons. The maximum Gasteiger partial charge on any atom is 0.419 e. The second-order valence-corrected chi connectivity index (χ2v) is 7.37. The average molecular weight is 324 g/mol. The number of halogens is 4. The van der Waals surface area contributed by atoms with Crippen molar-refractivity contribution in [1.82, 2.24) is 0 Å². The summed E-state index contributed by atoms with van der Waals surface area (Å²) in [5.41, 5.74) is 3.18. The second kappa shape index (κ2) is 5.75.